The number of hydrogen-bond acceptors (Lipinski definition) is 1. The number of hydrogen-bond donors (Lipinski definition) is 1. The van der Waals surface area contributed by atoms with Crippen molar-refractivity contribution >= 4 is 0 Å². The van der Waals surface area contributed by atoms with Gasteiger partial charge in [-0.3, -0.25) is 0 Å². The van der Waals surface area contributed by atoms with E-state index < -0.39 is 0 Å². The first-order valence-corrected chi connectivity index (χ1v) is 5.21. The Bertz CT molecular complexity index is 382. The zero-order chi connectivity index (χ0) is 9.80. The fourth-order valence-corrected chi connectivity index (χ4v) is 1.96. The Balaban J connectivity index is 2.29. The lowest BCUT2D eigenvalue weighted by atomic mass is 9.90. The summed E-state index contributed by atoms with van der Waals surface area (Å²) >= 11 is 0. The van der Waals surface area contributed by atoms with Gasteiger partial charge in [-0.1, -0.05) is 17.9 Å². The molecule has 0 fully saturated rings. The van der Waals surface area contributed by atoms with Gasteiger partial charge in [-0.2, -0.15) is 0 Å². The van der Waals surface area contributed by atoms with Crippen LogP contribution < -0.4 is 5.73 Å². The van der Waals surface area contributed by atoms with Gasteiger partial charge >= 0.3 is 0 Å². The minimum Gasteiger partial charge on any atom is -0.320 e. The molecule has 0 heterocycles. The molecule has 0 atom stereocenters. The Morgan fingerprint density at radius 1 is 1.14 bits per heavy atom. The maximum atomic E-state index is 5.34. The number of rotatable bonds is 0. The van der Waals surface area contributed by atoms with Gasteiger partial charge in [0.2, 0.25) is 0 Å². The van der Waals surface area contributed by atoms with E-state index in [0.29, 0.717) is 6.54 Å². The van der Waals surface area contributed by atoms with Crippen LogP contribution in [-0.2, 0) is 12.8 Å². The quantitative estimate of drug-likeness (QED) is 0.614. The van der Waals surface area contributed by atoms with Crippen molar-refractivity contribution in [1.29, 1.82) is 0 Å². The van der Waals surface area contributed by atoms with E-state index in [9.17, 15) is 0 Å². The second-order valence-corrected chi connectivity index (χ2v) is 3.70. The third-order valence-electron chi connectivity index (χ3n) is 2.68. The minimum atomic E-state index is 0.442. The summed E-state index contributed by atoms with van der Waals surface area (Å²) in [6, 6.07) is 6.54. The van der Waals surface area contributed by atoms with Crippen LogP contribution in [0, 0.1) is 11.8 Å². The van der Waals surface area contributed by atoms with E-state index in [2.05, 4.69) is 30.0 Å². The highest BCUT2D eigenvalue weighted by Crippen LogP contribution is 2.21. The predicted molar refractivity (Wildman–Crippen MR) is 59.0 cm³/mol. The van der Waals surface area contributed by atoms with Gasteiger partial charge in [-0.05, 0) is 48.9 Å². The summed E-state index contributed by atoms with van der Waals surface area (Å²) in [6.07, 6.45) is 5.11. The smallest absolute Gasteiger partial charge is 0.0555 e. The van der Waals surface area contributed by atoms with Crippen molar-refractivity contribution in [3.63, 3.8) is 0 Å². The molecular weight excluding hydrogens is 170 g/mol. The maximum absolute atomic E-state index is 5.34. The molecule has 0 unspecified atom stereocenters. The third-order valence-corrected chi connectivity index (χ3v) is 2.68. The van der Waals surface area contributed by atoms with Crippen LogP contribution in [0.1, 0.15) is 29.5 Å². The Morgan fingerprint density at radius 2 is 1.93 bits per heavy atom. The van der Waals surface area contributed by atoms with Crippen LogP contribution in [0.4, 0.5) is 0 Å². The molecule has 0 amide bonds. The van der Waals surface area contributed by atoms with E-state index in [1.165, 1.54) is 36.8 Å². The van der Waals surface area contributed by atoms with Crippen molar-refractivity contribution in [2.24, 2.45) is 5.73 Å². The zero-order valence-corrected chi connectivity index (χ0v) is 8.34. The van der Waals surface area contributed by atoms with E-state index in [1.807, 2.05) is 0 Å². The minimum absolute atomic E-state index is 0.442. The predicted octanol–water partition coefficient (Wildman–Crippen LogP) is 1.88. The molecule has 1 aromatic carbocycles. The summed E-state index contributed by atoms with van der Waals surface area (Å²) < 4.78 is 0. The third kappa shape index (κ3) is 1.97. The molecule has 14 heavy (non-hydrogen) atoms. The van der Waals surface area contributed by atoms with Crippen LogP contribution in [0.5, 0.6) is 0 Å². The highest BCUT2D eigenvalue weighted by molar-refractivity contribution is 5.42. The maximum Gasteiger partial charge on any atom is 0.0555 e. The second-order valence-electron chi connectivity index (χ2n) is 3.70. The molecule has 1 nitrogen and oxygen atoms in total. The zero-order valence-electron chi connectivity index (χ0n) is 8.34. The van der Waals surface area contributed by atoms with Gasteiger partial charge < -0.3 is 5.73 Å². The summed E-state index contributed by atoms with van der Waals surface area (Å²) in [5, 5.41) is 0. The monoisotopic (exact) mass is 185 g/mol. The topological polar surface area (TPSA) is 26.0 Å². The van der Waals surface area contributed by atoms with Crippen LogP contribution in [0.25, 0.3) is 0 Å². The van der Waals surface area contributed by atoms with Gasteiger partial charge in [0.15, 0.2) is 0 Å². The number of fused-ring (bicyclic) bond motifs is 1. The van der Waals surface area contributed by atoms with Gasteiger partial charge in [0.05, 0.1) is 6.54 Å². The van der Waals surface area contributed by atoms with E-state index in [1.54, 1.807) is 0 Å². The standard InChI is InChI=1S/C13H15N/c14-9-3-4-11-7-8-12-5-1-2-6-13(12)10-11/h7-8,10H,1-2,5-6,9,14H2. The van der Waals surface area contributed by atoms with Crippen LogP contribution in [-0.4, -0.2) is 6.54 Å². The van der Waals surface area contributed by atoms with Crippen LogP contribution in [0.2, 0.25) is 0 Å². The largest absolute Gasteiger partial charge is 0.320 e. The molecule has 0 aliphatic heterocycles. The SMILES string of the molecule is NCC#Cc1ccc2c(c1)CCCC2. The summed E-state index contributed by atoms with van der Waals surface area (Å²) in [4.78, 5) is 0. The lowest BCUT2D eigenvalue weighted by Gasteiger charge is -2.15. The Labute approximate surface area is 85.3 Å². The van der Waals surface area contributed by atoms with Gasteiger partial charge in [-0.15, -0.1) is 0 Å². The van der Waals surface area contributed by atoms with Crippen molar-refractivity contribution in [1.82, 2.24) is 0 Å². The normalized spacial score (nSPS) is 14.1. The van der Waals surface area contributed by atoms with Crippen molar-refractivity contribution in [2.45, 2.75) is 25.7 Å². The fraction of sp³-hybridized carbons (Fsp3) is 0.385. The number of nitrogens with two attached hydrogens (primary N) is 1. The first-order chi connectivity index (χ1) is 6.90. The number of aryl methyl sites for hydroxylation is 2. The van der Waals surface area contributed by atoms with Crippen molar-refractivity contribution in [2.75, 3.05) is 6.54 Å². The molecule has 1 aliphatic carbocycles. The van der Waals surface area contributed by atoms with Gasteiger partial charge in [0.1, 0.15) is 0 Å². The molecule has 1 heteroatoms. The lowest BCUT2D eigenvalue weighted by molar-refractivity contribution is 0.685. The second kappa shape index (κ2) is 4.30. The molecule has 0 spiro atoms. The van der Waals surface area contributed by atoms with Gasteiger partial charge in [0, 0.05) is 5.56 Å². The van der Waals surface area contributed by atoms with Crippen LogP contribution in [0.15, 0.2) is 18.2 Å². The highest BCUT2D eigenvalue weighted by Gasteiger charge is 2.08. The molecule has 2 N–H and O–H groups in total. The molecule has 0 radical (unpaired) electrons. The molecule has 2 rings (SSSR count). The van der Waals surface area contributed by atoms with Gasteiger partial charge in [-0.25, -0.2) is 0 Å². The molecule has 0 saturated heterocycles. The molecule has 0 saturated carbocycles. The molecule has 1 aromatic rings. The first-order valence-electron chi connectivity index (χ1n) is 5.21. The van der Waals surface area contributed by atoms with Crippen LogP contribution >= 0.6 is 0 Å². The van der Waals surface area contributed by atoms with E-state index in [-0.39, 0.29) is 0 Å². The summed E-state index contributed by atoms with van der Waals surface area (Å²) in [7, 11) is 0. The van der Waals surface area contributed by atoms with E-state index in [4.69, 9.17) is 5.73 Å². The summed E-state index contributed by atoms with van der Waals surface area (Å²) in [5.41, 5.74) is 9.44. The Morgan fingerprint density at radius 3 is 2.71 bits per heavy atom. The van der Waals surface area contributed by atoms with E-state index >= 15 is 0 Å². The van der Waals surface area contributed by atoms with Crippen molar-refractivity contribution < 1.29 is 0 Å². The summed E-state index contributed by atoms with van der Waals surface area (Å²) in [6.45, 7) is 0.442. The summed E-state index contributed by atoms with van der Waals surface area (Å²) in [5.74, 6) is 5.97. The molecule has 72 valence electrons. The lowest BCUT2D eigenvalue weighted by Crippen LogP contribution is -2.02. The first kappa shape index (κ1) is 9.30. The molecule has 1 aliphatic rings. The molecule has 0 aromatic heterocycles. The van der Waals surface area contributed by atoms with Crippen LogP contribution in [0.3, 0.4) is 0 Å². The van der Waals surface area contributed by atoms with Crippen molar-refractivity contribution in [3.8, 4) is 11.8 Å². The van der Waals surface area contributed by atoms with E-state index in [0.717, 1.165) is 5.56 Å². The average molecular weight is 185 g/mol. The Hall–Kier alpha value is -1.26. The molecule has 0 bridgehead atoms. The fourth-order valence-electron chi connectivity index (χ4n) is 1.96. The highest BCUT2D eigenvalue weighted by atomic mass is 14.5. The molecular formula is C13H15N. The van der Waals surface area contributed by atoms with Crippen molar-refractivity contribution in [3.05, 3.63) is 34.9 Å². The van der Waals surface area contributed by atoms with Gasteiger partial charge in [0.25, 0.3) is 0 Å². The number of benzene rings is 1. The average Bonchev–Trinajstić information content (AvgIpc) is 2.26. The Kier molecular flexibility index (Phi) is 2.86.